The molecular formula is C15H20ClFN2O4S. The van der Waals surface area contributed by atoms with Crippen LogP contribution < -0.4 is 4.72 Å². The summed E-state index contributed by atoms with van der Waals surface area (Å²) in [6, 6.07) is 3.68. The smallest absolute Gasteiger partial charge is 0.317 e. The average Bonchev–Trinajstić information content (AvgIpc) is 2.43. The standard InChI is InChI=1S/C15H20ClFN2O4S/c1-2-19(8-15(20)21)12-6-11(7-12)18-24(22,23)9-10-3-4-14(17)13(16)5-10/h3-5,11-12,18H,2,6-9H2,1H3,(H,20,21). The Kier molecular flexibility index (Phi) is 6.19. The molecule has 0 atom stereocenters. The first-order valence-electron chi connectivity index (χ1n) is 7.60. The van der Waals surface area contributed by atoms with Crippen molar-refractivity contribution in [3.8, 4) is 0 Å². The van der Waals surface area contributed by atoms with Crippen molar-refractivity contribution >= 4 is 27.6 Å². The van der Waals surface area contributed by atoms with Gasteiger partial charge in [0.1, 0.15) is 5.82 Å². The lowest BCUT2D eigenvalue weighted by atomic mass is 9.86. The second-order valence-electron chi connectivity index (χ2n) is 5.90. The predicted molar refractivity (Wildman–Crippen MR) is 88.9 cm³/mol. The molecule has 0 aromatic heterocycles. The van der Waals surface area contributed by atoms with E-state index in [4.69, 9.17) is 16.7 Å². The molecule has 0 saturated heterocycles. The Morgan fingerprint density at radius 1 is 1.46 bits per heavy atom. The van der Waals surface area contributed by atoms with Crippen LogP contribution in [0.5, 0.6) is 0 Å². The van der Waals surface area contributed by atoms with E-state index in [9.17, 15) is 17.6 Å². The fourth-order valence-corrected chi connectivity index (χ4v) is 4.40. The summed E-state index contributed by atoms with van der Waals surface area (Å²) in [7, 11) is -3.57. The number of halogens is 2. The van der Waals surface area contributed by atoms with Crippen LogP contribution in [-0.2, 0) is 20.6 Å². The van der Waals surface area contributed by atoms with Gasteiger partial charge >= 0.3 is 5.97 Å². The third kappa shape index (κ3) is 5.14. The van der Waals surface area contributed by atoms with E-state index in [1.54, 1.807) is 0 Å². The van der Waals surface area contributed by atoms with Gasteiger partial charge in [0.25, 0.3) is 0 Å². The highest BCUT2D eigenvalue weighted by atomic mass is 35.5. The van der Waals surface area contributed by atoms with Gasteiger partial charge in [-0.15, -0.1) is 0 Å². The highest BCUT2D eigenvalue weighted by molar-refractivity contribution is 7.88. The lowest BCUT2D eigenvalue weighted by molar-refractivity contribution is -0.139. The summed E-state index contributed by atoms with van der Waals surface area (Å²) in [6.45, 7) is 2.43. The fourth-order valence-electron chi connectivity index (χ4n) is 2.80. The molecule has 0 heterocycles. The molecule has 1 fully saturated rings. The van der Waals surface area contributed by atoms with Crippen molar-refractivity contribution in [3.05, 3.63) is 34.6 Å². The van der Waals surface area contributed by atoms with Crippen molar-refractivity contribution in [3.63, 3.8) is 0 Å². The topological polar surface area (TPSA) is 86.7 Å². The number of benzene rings is 1. The van der Waals surface area contributed by atoms with Gasteiger partial charge in [0.05, 0.1) is 17.3 Å². The van der Waals surface area contributed by atoms with E-state index in [1.807, 2.05) is 11.8 Å². The van der Waals surface area contributed by atoms with Gasteiger partial charge in [0.2, 0.25) is 10.0 Å². The van der Waals surface area contributed by atoms with Crippen molar-refractivity contribution in [2.24, 2.45) is 0 Å². The number of sulfonamides is 1. The number of carboxylic acids is 1. The lowest BCUT2D eigenvalue weighted by Gasteiger charge is -2.42. The van der Waals surface area contributed by atoms with Crippen LogP contribution in [0, 0.1) is 5.82 Å². The quantitative estimate of drug-likeness (QED) is 0.720. The van der Waals surface area contributed by atoms with E-state index in [-0.39, 0.29) is 29.4 Å². The molecule has 1 aliphatic rings. The Balaban J connectivity index is 1.87. The van der Waals surface area contributed by atoms with E-state index < -0.39 is 21.8 Å². The second kappa shape index (κ2) is 7.77. The summed E-state index contributed by atoms with van der Waals surface area (Å²) in [6.07, 6.45) is 1.15. The summed E-state index contributed by atoms with van der Waals surface area (Å²) in [4.78, 5) is 12.6. The number of aliphatic carboxylic acids is 1. The first-order chi connectivity index (χ1) is 11.2. The molecule has 134 valence electrons. The molecule has 24 heavy (non-hydrogen) atoms. The summed E-state index contributed by atoms with van der Waals surface area (Å²) >= 11 is 5.65. The van der Waals surface area contributed by atoms with Crippen LogP contribution in [0.1, 0.15) is 25.3 Å². The zero-order chi connectivity index (χ0) is 17.9. The van der Waals surface area contributed by atoms with Crippen molar-refractivity contribution in [2.45, 2.75) is 37.6 Å². The van der Waals surface area contributed by atoms with E-state index in [0.717, 1.165) is 6.07 Å². The van der Waals surface area contributed by atoms with Gasteiger partial charge in [-0.2, -0.15) is 0 Å². The number of carboxylic acid groups (broad SMARTS) is 1. The number of nitrogens with one attached hydrogen (secondary N) is 1. The van der Waals surface area contributed by atoms with Crippen LogP contribution in [-0.4, -0.2) is 49.6 Å². The van der Waals surface area contributed by atoms with Crippen LogP contribution in [0.25, 0.3) is 0 Å². The third-order valence-electron chi connectivity index (χ3n) is 4.06. The highest BCUT2D eigenvalue weighted by Crippen LogP contribution is 2.26. The minimum Gasteiger partial charge on any atom is -0.480 e. The van der Waals surface area contributed by atoms with Gasteiger partial charge in [0.15, 0.2) is 0 Å². The normalized spacial score (nSPS) is 20.8. The number of carbonyl (C=O) groups is 1. The first-order valence-corrected chi connectivity index (χ1v) is 9.63. The zero-order valence-electron chi connectivity index (χ0n) is 13.2. The fraction of sp³-hybridized carbons (Fsp3) is 0.533. The highest BCUT2D eigenvalue weighted by Gasteiger charge is 2.35. The number of rotatable bonds is 8. The van der Waals surface area contributed by atoms with Crippen LogP contribution >= 0.6 is 11.6 Å². The van der Waals surface area contributed by atoms with Gasteiger partial charge in [-0.1, -0.05) is 24.6 Å². The molecule has 0 bridgehead atoms. The average molecular weight is 379 g/mol. The first kappa shape index (κ1) is 19.1. The molecule has 6 nitrogen and oxygen atoms in total. The minimum absolute atomic E-state index is 0.0469. The van der Waals surface area contributed by atoms with Crippen LogP contribution in [0.3, 0.4) is 0 Å². The molecule has 2 rings (SSSR count). The maximum absolute atomic E-state index is 13.1. The van der Waals surface area contributed by atoms with Crippen LogP contribution in [0.15, 0.2) is 18.2 Å². The molecule has 2 N–H and O–H groups in total. The van der Waals surface area contributed by atoms with E-state index in [2.05, 4.69) is 4.72 Å². The molecule has 0 spiro atoms. The monoisotopic (exact) mass is 378 g/mol. The Bertz CT molecular complexity index is 707. The Hall–Kier alpha value is -1.22. The predicted octanol–water partition coefficient (Wildman–Crippen LogP) is 1.84. The van der Waals surface area contributed by atoms with Crippen LogP contribution in [0.2, 0.25) is 5.02 Å². The van der Waals surface area contributed by atoms with Crippen molar-refractivity contribution < 1.29 is 22.7 Å². The van der Waals surface area contributed by atoms with Crippen molar-refractivity contribution in [2.75, 3.05) is 13.1 Å². The largest absolute Gasteiger partial charge is 0.480 e. The summed E-state index contributed by atoms with van der Waals surface area (Å²) < 4.78 is 40.0. The lowest BCUT2D eigenvalue weighted by Crippen LogP contribution is -2.54. The van der Waals surface area contributed by atoms with E-state index >= 15 is 0 Å². The van der Waals surface area contributed by atoms with E-state index in [0.29, 0.717) is 24.9 Å². The van der Waals surface area contributed by atoms with Gasteiger partial charge < -0.3 is 5.11 Å². The molecule has 1 aliphatic carbocycles. The molecule has 0 radical (unpaired) electrons. The van der Waals surface area contributed by atoms with Gasteiger partial charge in [-0.3, -0.25) is 9.69 Å². The maximum atomic E-state index is 13.1. The number of likely N-dealkylation sites (N-methyl/N-ethyl adjacent to an activating group) is 1. The SMILES string of the molecule is CCN(CC(=O)O)C1CC(NS(=O)(=O)Cc2ccc(F)c(Cl)c2)C1. The maximum Gasteiger partial charge on any atom is 0.317 e. The number of hydrogen-bond donors (Lipinski definition) is 2. The van der Waals surface area contributed by atoms with Gasteiger partial charge in [-0.25, -0.2) is 17.5 Å². The summed E-state index contributed by atoms with van der Waals surface area (Å²) in [5.41, 5.74) is 0.408. The zero-order valence-corrected chi connectivity index (χ0v) is 14.8. The Morgan fingerprint density at radius 3 is 2.67 bits per heavy atom. The van der Waals surface area contributed by atoms with Gasteiger partial charge in [0, 0.05) is 12.1 Å². The molecule has 1 aromatic carbocycles. The molecule has 1 saturated carbocycles. The number of nitrogens with zero attached hydrogens (tertiary/aromatic N) is 1. The molecule has 0 unspecified atom stereocenters. The van der Waals surface area contributed by atoms with Crippen molar-refractivity contribution in [1.29, 1.82) is 0 Å². The van der Waals surface area contributed by atoms with Gasteiger partial charge in [-0.05, 0) is 37.1 Å². The van der Waals surface area contributed by atoms with Crippen LogP contribution in [0.4, 0.5) is 4.39 Å². The Labute approximate surface area is 145 Å². The molecular weight excluding hydrogens is 359 g/mol. The second-order valence-corrected chi connectivity index (χ2v) is 8.07. The molecule has 0 aliphatic heterocycles. The Morgan fingerprint density at radius 2 is 2.12 bits per heavy atom. The summed E-state index contributed by atoms with van der Waals surface area (Å²) in [5, 5.41) is 8.74. The third-order valence-corrected chi connectivity index (χ3v) is 5.76. The van der Waals surface area contributed by atoms with E-state index in [1.165, 1.54) is 12.1 Å². The van der Waals surface area contributed by atoms with Crippen molar-refractivity contribution in [1.82, 2.24) is 9.62 Å². The summed E-state index contributed by atoms with van der Waals surface area (Å²) in [5.74, 6) is -1.76. The number of hydrogen-bond acceptors (Lipinski definition) is 4. The molecule has 1 aromatic rings. The minimum atomic E-state index is -3.57. The molecule has 9 heteroatoms. The molecule has 0 amide bonds.